The number of aliphatic hydroxyl groups is 1. The van der Waals surface area contributed by atoms with Crippen LogP contribution in [0, 0.1) is 11.8 Å². The second-order valence-corrected chi connectivity index (χ2v) is 5.55. The van der Waals surface area contributed by atoms with Gasteiger partial charge in [-0.2, -0.15) is 0 Å². The Labute approximate surface area is 127 Å². The van der Waals surface area contributed by atoms with Crippen molar-refractivity contribution in [2.45, 2.75) is 19.4 Å². The molecule has 2 N–H and O–H groups in total. The maximum Gasteiger partial charge on any atom is 0.271 e. The normalized spacial score (nSPS) is 11.3. The summed E-state index contributed by atoms with van der Waals surface area (Å²) in [5, 5.41) is 13.7. The monoisotopic (exact) mass is 300 g/mol. The minimum absolute atomic E-state index is 0.0109. The highest BCUT2D eigenvalue weighted by Gasteiger charge is 2.14. The van der Waals surface area contributed by atoms with Gasteiger partial charge in [-0.1, -0.05) is 17.9 Å². The summed E-state index contributed by atoms with van der Waals surface area (Å²) in [4.78, 5) is 17.6. The van der Waals surface area contributed by atoms with E-state index in [1.165, 1.54) is 4.88 Å². The molecule has 2 heterocycles. The Kier molecular flexibility index (Phi) is 5.50. The number of aliphatic hydroxyl groups excluding tert-OH is 1. The summed E-state index contributed by atoms with van der Waals surface area (Å²) in [6, 6.07) is 7.49. The largest absolute Gasteiger partial charge is 0.384 e. The van der Waals surface area contributed by atoms with E-state index in [1.54, 1.807) is 29.7 Å². The molecule has 0 fully saturated rings. The van der Waals surface area contributed by atoms with Crippen LogP contribution in [0.2, 0.25) is 0 Å². The molecule has 1 atom stereocenters. The lowest BCUT2D eigenvalue weighted by atomic mass is 10.1. The second-order valence-electron chi connectivity index (χ2n) is 4.52. The van der Waals surface area contributed by atoms with Crippen LogP contribution in [0.25, 0.3) is 0 Å². The molecule has 5 heteroatoms. The highest BCUT2D eigenvalue weighted by Crippen LogP contribution is 2.11. The number of hydrogen-bond acceptors (Lipinski definition) is 4. The zero-order valence-electron chi connectivity index (χ0n) is 11.7. The molecular weight excluding hydrogens is 284 g/mol. The van der Waals surface area contributed by atoms with Crippen LogP contribution in [-0.4, -0.2) is 28.6 Å². The number of carbonyl (C=O) groups is 1. The molecule has 0 aromatic carbocycles. The van der Waals surface area contributed by atoms with E-state index in [9.17, 15) is 4.79 Å². The van der Waals surface area contributed by atoms with E-state index in [2.05, 4.69) is 22.1 Å². The summed E-state index contributed by atoms with van der Waals surface area (Å²) < 4.78 is 0. The Hall–Kier alpha value is -2.16. The number of rotatable bonds is 4. The molecule has 2 aromatic rings. The predicted molar refractivity (Wildman–Crippen MR) is 83.2 cm³/mol. The fourth-order valence-corrected chi connectivity index (χ4v) is 2.73. The lowest BCUT2D eigenvalue weighted by molar-refractivity contribution is 0.0935. The number of carbonyl (C=O) groups excluding carboxylic acids is 1. The van der Waals surface area contributed by atoms with Crippen LogP contribution in [0.5, 0.6) is 0 Å². The first-order valence-corrected chi connectivity index (χ1v) is 7.46. The van der Waals surface area contributed by atoms with Crippen molar-refractivity contribution in [1.29, 1.82) is 0 Å². The number of hydrogen-bond donors (Lipinski definition) is 2. The standard InChI is InChI=1S/C16H16N2O2S/c1-12(11-14-7-4-10-21-14)18-16(20)15-13(6-3-9-19)5-2-8-17-15/h2,4-5,7-8,10,12,19H,9,11H2,1H3,(H,18,20). The molecule has 1 amide bonds. The molecule has 0 aliphatic heterocycles. The second kappa shape index (κ2) is 7.58. The van der Waals surface area contributed by atoms with E-state index in [-0.39, 0.29) is 24.2 Å². The van der Waals surface area contributed by atoms with Crippen molar-refractivity contribution in [3.8, 4) is 11.8 Å². The summed E-state index contributed by atoms with van der Waals surface area (Å²) in [6.07, 6.45) is 2.34. The fraction of sp³-hybridized carbons (Fsp3) is 0.250. The van der Waals surface area contributed by atoms with E-state index in [0.717, 1.165) is 6.42 Å². The molecule has 0 aliphatic carbocycles. The maximum atomic E-state index is 12.3. The Bertz CT molecular complexity index is 656. The first kappa shape index (κ1) is 15.2. The summed E-state index contributed by atoms with van der Waals surface area (Å²) in [6.45, 7) is 1.71. The minimum Gasteiger partial charge on any atom is -0.384 e. The quantitative estimate of drug-likeness (QED) is 0.847. The number of amides is 1. The highest BCUT2D eigenvalue weighted by molar-refractivity contribution is 7.09. The van der Waals surface area contributed by atoms with Gasteiger partial charge in [-0.15, -0.1) is 11.3 Å². The van der Waals surface area contributed by atoms with E-state index in [4.69, 9.17) is 5.11 Å². The molecule has 21 heavy (non-hydrogen) atoms. The van der Waals surface area contributed by atoms with Gasteiger partial charge in [0, 0.05) is 23.5 Å². The smallest absolute Gasteiger partial charge is 0.271 e. The van der Waals surface area contributed by atoms with Crippen molar-refractivity contribution in [3.63, 3.8) is 0 Å². The molecule has 108 valence electrons. The van der Waals surface area contributed by atoms with Crippen LogP contribution >= 0.6 is 11.3 Å². The van der Waals surface area contributed by atoms with Crippen molar-refractivity contribution in [2.24, 2.45) is 0 Å². The van der Waals surface area contributed by atoms with Crippen molar-refractivity contribution in [2.75, 3.05) is 6.61 Å². The van der Waals surface area contributed by atoms with Crippen LogP contribution in [0.1, 0.15) is 27.9 Å². The molecule has 4 nitrogen and oxygen atoms in total. The summed E-state index contributed by atoms with van der Waals surface area (Å²) in [7, 11) is 0. The number of thiophene rings is 1. The topological polar surface area (TPSA) is 62.2 Å². The molecule has 0 aliphatic rings. The Morgan fingerprint density at radius 3 is 3.05 bits per heavy atom. The van der Waals surface area contributed by atoms with Gasteiger partial charge in [-0.25, -0.2) is 4.98 Å². The number of nitrogens with zero attached hydrogens (tertiary/aromatic N) is 1. The van der Waals surface area contributed by atoms with Gasteiger partial charge in [0.2, 0.25) is 0 Å². The van der Waals surface area contributed by atoms with Crippen LogP contribution < -0.4 is 5.32 Å². The molecule has 0 bridgehead atoms. The third-order valence-electron chi connectivity index (χ3n) is 2.79. The third kappa shape index (κ3) is 4.42. The zero-order chi connectivity index (χ0) is 15.1. The maximum absolute atomic E-state index is 12.3. The van der Waals surface area contributed by atoms with Crippen LogP contribution in [0.3, 0.4) is 0 Å². The average molecular weight is 300 g/mol. The third-order valence-corrected chi connectivity index (χ3v) is 3.69. The SMILES string of the molecule is CC(Cc1cccs1)NC(=O)c1ncccc1C#CCO. The van der Waals surface area contributed by atoms with Crippen molar-refractivity contribution < 1.29 is 9.90 Å². The molecular formula is C16H16N2O2S. The van der Waals surface area contributed by atoms with Crippen LogP contribution in [0.4, 0.5) is 0 Å². The molecule has 0 saturated heterocycles. The Balaban J connectivity index is 2.06. The minimum atomic E-state index is -0.248. The molecule has 2 rings (SSSR count). The van der Waals surface area contributed by atoms with Crippen molar-refractivity contribution >= 4 is 17.2 Å². The fourth-order valence-electron chi connectivity index (χ4n) is 1.90. The summed E-state index contributed by atoms with van der Waals surface area (Å²) in [5.74, 6) is 5.03. The van der Waals surface area contributed by atoms with Gasteiger partial charge in [0.1, 0.15) is 12.3 Å². The first-order chi connectivity index (χ1) is 10.2. The summed E-state index contributed by atoms with van der Waals surface area (Å²) in [5.41, 5.74) is 0.809. The van der Waals surface area contributed by atoms with E-state index in [0.29, 0.717) is 5.56 Å². The van der Waals surface area contributed by atoms with Crippen molar-refractivity contribution in [1.82, 2.24) is 10.3 Å². The van der Waals surface area contributed by atoms with Gasteiger partial charge in [0.25, 0.3) is 5.91 Å². The van der Waals surface area contributed by atoms with Gasteiger partial charge in [-0.05, 0) is 30.5 Å². The van der Waals surface area contributed by atoms with Gasteiger partial charge in [0.15, 0.2) is 0 Å². The van der Waals surface area contributed by atoms with Gasteiger partial charge >= 0.3 is 0 Å². The molecule has 0 spiro atoms. The Morgan fingerprint density at radius 2 is 2.33 bits per heavy atom. The van der Waals surface area contributed by atoms with E-state index >= 15 is 0 Å². The first-order valence-electron chi connectivity index (χ1n) is 6.58. The Morgan fingerprint density at radius 1 is 1.48 bits per heavy atom. The molecule has 0 saturated carbocycles. The van der Waals surface area contributed by atoms with Gasteiger partial charge in [0.05, 0.1) is 5.56 Å². The highest BCUT2D eigenvalue weighted by atomic mass is 32.1. The van der Waals surface area contributed by atoms with Gasteiger partial charge in [-0.3, -0.25) is 4.79 Å². The molecule has 2 aromatic heterocycles. The predicted octanol–water partition coefficient (Wildman–Crippen LogP) is 1.85. The zero-order valence-corrected chi connectivity index (χ0v) is 12.5. The van der Waals surface area contributed by atoms with Crippen molar-refractivity contribution in [3.05, 3.63) is 52.0 Å². The van der Waals surface area contributed by atoms with Crippen LogP contribution in [-0.2, 0) is 6.42 Å². The molecule has 1 unspecified atom stereocenters. The summed E-state index contributed by atoms with van der Waals surface area (Å²) >= 11 is 1.67. The number of pyridine rings is 1. The van der Waals surface area contributed by atoms with Crippen LogP contribution in [0.15, 0.2) is 35.8 Å². The average Bonchev–Trinajstić information content (AvgIpc) is 2.98. The molecule has 0 radical (unpaired) electrons. The van der Waals surface area contributed by atoms with Gasteiger partial charge < -0.3 is 10.4 Å². The lowest BCUT2D eigenvalue weighted by Gasteiger charge is -2.13. The lowest BCUT2D eigenvalue weighted by Crippen LogP contribution is -2.34. The van der Waals surface area contributed by atoms with E-state index in [1.807, 2.05) is 24.4 Å². The van der Waals surface area contributed by atoms with E-state index < -0.39 is 0 Å². The number of aromatic nitrogens is 1. The number of nitrogens with one attached hydrogen (secondary N) is 1.